The van der Waals surface area contributed by atoms with Crippen molar-refractivity contribution in [3.8, 4) is 11.5 Å². The minimum atomic E-state index is -0.0922. The molecule has 1 unspecified atom stereocenters. The first kappa shape index (κ1) is 19.4. The average molecular weight is 421 g/mol. The van der Waals surface area contributed by atoms with Crippen molar-refractivity contribution in [1.82, 2.24) is 4.90 Å². The molecule has 148 valence electrons. The van der Waals surface area contributed by atoms with Gasteiger partial charge < -0.3 is 14.8 Å². The number of fused-ring (bicyclic) bond motifs is 1. The SMILES string of the molecule is O=C(CN1CCCC1c1ccc2c(c1)OCCCO2)Nc1ccc(Cl)cc1Cl. The monoisotopic (exact) mass is 420 g/mol. The highest BCUT2D eigenvalue weighted by Gasteiger charge is 2.28. The van der Waals surface area contributed by atoms with Crippen molar-refractivity contribution in [2.75, 3.05) is 31.6 Å². The molecule has 1 saturated heterocycles. The molecule has 2 aliphatic heterocycles. The van der Waals surface area contributed by atoms with Gasteiger partial charge in [0.15, 0.2) is 11.5 Å². The Morgan fingerprint density at radius 3 is 2.71 bits per heavy atom. The number of hydrogen-bond acceptors (Lipinski definition) is 4. The topological polar surface area (TPSA) is 50.8 Å². The number of carbonyl (C=O) groups excluding carboxylic acids is 1. The number of amides is 1. The highest BCUT2D eigenvalue weighted by Crippen LogP contribution is 2.37. The molecule has 1 N–H and O–H groups in total. The Kier molecular flexibility index (Phi) is 5.95. The molecule has 0 aromatic heterocycles. The van der Waals surface area contributed by atoms with Gasteiger partial charge in [0, 0.05) is 17.5 Å². The molecule has 1 fully saturated rings. The second kappa shape index (κ2) is 8.60. The number of hydrogen-bond donors (Lipinski definition) is 1. The van der Waals surface area contributed by atoms with Gasteiger partial charge in [-0.3, -0.25) is 9.69 Å². The van der Waals surface area contributed by atoms with E-state index in [-0.39, 0.29) is 11.9 Å². The molecule has 1 atom stereocenters. The number of nitrogens with zero attached hydrogens (tertiary/aromatic N) is 1. The average Bonchev–Trinajstić information content (AvgIpc) is 2.99. The summed E-state index contributed by atoms with van der Waals surface area (Å²) < 4.78 is 11.5. The summed E-state index contributed by atoms with van der Waals surface area (Å²) in [6.07, 6.45) is 2.94. The maximum Gasteiger partial charge on any atom is 0.238 e. The van der Waals surface area contributed by atoms with E-state index in [4.69, 9.17) is 32.7 Å². The summed E-state index contributed by atoms with van der Waals surface area (Å²) in [6.45, 7) is 2.52. The number of nitrogens with one attached hydrogen (secondary N) is 1. The fourth-order valence-corrected chi connectivity index (χ4v) is 4.20. The Balaban J connectivity index is 1.45. The zero-order valence-corrected chi connectivity index (χ0v) is 16.9. The molecule has 28 heavy (non-hydrogen) atoms. The first-order valence-electron chi connectivity index (χ1n) is 9.48. The van der Waals surface area contributed by atoms with Gasteiger partial charge in [0.05, 0.1) is 30.5 Å². The van der Waals surface area contributed by atoms with Crippen LogP contribution in [0.2, 0.25) is 10.0 Å². The summed E-state index contributed by atoms with van der Waals surface area (Å²) >= 11 is 12.1. The molecule has 2 heterocycles. The van der Waals surface area contributed by atoms with Crippen LogP contribution in [0.1, 0.15) is 30.9 Å². The molecule has 2 aromatic carbocycles. The molecule has 5 nitrogen and oxygen atoms in total. The van der Waals surface area contributed by atoms with E-state index in [0.717, 1.165) is 42.9 Å². The molecule has 2 aliphatic rings. The molecule has 0 spiro atoms. The Morgan fingerprint density at radius 2 is 1.89 bits per heavy atom. The Labute approximate surface area is 174 Å². The fraction of sp³-hybridized carbons (Fsp3) is 0.381. The first-order chi connectivity index (χ1) is 13.6. The van der Waals surface area contributed by atoms with Crippen molar-refractivity contribution in [3.05, 3.63) is 52.0 Å². The van der Waals surface area contributed by atoms with Crippen LogP contribution in [0.3, 0.4) is 0 Å². The summed E-state index contributed by atoms with van der Waals surface area (Å²) in [7, 11) is 0. The predicted molar refractivity (Wildman–Crippen MR) is 111 cm³/mol. The van der Waals surface area contributed by atoms with Crippen molar-refractivity contribution >= 4 is 34.8 Å². The Morgan fingerprint density at radius 1 is 1.07 bits per heavy atom. The molecule has 2 aromatic rings. The van der Waals surface area contributed by atoms with Crippen LogP contribution in [-0.2, 0) is 4.79 Å². The van der Waals surface area contributed by atoms with Gasteiger partial charge in [0.25, 0.3) is 0 Å². The van der Waals surface area contributed by atoms with Gasteiger partial charge in [-0.15, -0.1) is 0 Å². The van der Waals surface area contributed by atoms with Crippen LogP contribution in [0, 0.1) is 0 Å². The van der Waals surface area contributed by atoms with Crippen LogP contribution in [0.5, 0.6) is 11.5 Å². The standard InChI is InChI=1S/C21H22Cl2N2O3/c22-15-5-6-17(16(23)12-15)24-21(26)13-25-8-1-3-18(25)14-4-7-19-20(11-14)28-10-2-9-27-19/h4-7,11-12,18H,1-3,8-10,13H2,(H,24,26). The second-order valence-electron chi connectivity index (χ2n) is 7.06. The smallest absolute Gasteiger partial charge is 0.238 e. The fourth-order valence-electron chi connectivity index (χ4n) is 3.75. The lowest BCUT2D eigenvalue weighted by Gasteiger charge is -2.25. The zero-order chi connectivity index (χ0) is 19.5. The number of rotatable bonds is 4. The molecule has 7 heteroatoms. The number of anilines is 1. The summed E-state index contributed by atoms with van der Waals surface area (Å²) in [6, 6.07) is 11.3. The van der Waals surface area contributed by atoms with Crippen LogP contribution in [0.25, 0.3) is 0 Å². The Bertz CT molecular complexity index is 875. The van der Waals surface area contributed by atoms with Crippen molar-refractivity contribution in [1.29, 1.82) is 0 Å². The third kappa shape index (κ3) is 4.37. The van der Waals surface area contributed by atoms with E-state index in [2.05, 4.69) is 22.3 Å². The van der Waals surface area contributed by atoms with E-state index in [0.29, 0.717) is 35.5 Å². The molecule has 0 aliphatic carbocycles. The van der Waals surface area contributed by atoms with Crippen molar-refractivity contribution in [2.24, 2.45) is 0 Å². The molecular weight excluding hydrogens is 399 g/mol. The number of halogens is 2. The van der Waals surface area contributed by atoms with E-state index < -0.39 is 0 Å². The van der Waals surface area contributed by atoms with Crippen molar-refractivity contribution in [2.45, 2.75) is 25.3 Å². The van der Waals surface area contributed by atoms with E-state index in [1.54, 1.807) is 18.2 Å². The molecule has 0 radical (unpaired) electrons. The maximum atomic E-state index is 12.6. The molecular formula is C21H22Cl2N2O3. The number of ether oxygens (including phenoxy) is 2. The van der Waals surface area contributed by atoms with E-state index in [1.807, 2.05) is 6.07 Å². The highest BCUT2D eigenvalue weighted by molar-refractivity contribution is 6.36. The van der Waals surface area contributed by atoms with Gasteiger partial charge >= 0.3 is 0 Å². The van der Waals surface area contributed by atoms with Crippen molar-refractivity contribution < 1.29 is 14.3 Å². The van der Waals surface area contributed by atoms with E-state index in [1.165, 1.54) is 0 Å². The molecule has 4 rings (SSSR count). The van der Waals surface area contributed by atoms with Gasteiger partial charge in [-0.2, -0.15) is 0 Å². The third-order valence-corrected chi connectivity index (χ3v) is 5.62. The maximum absolute atomic E-state index is 12.6. The summed E-state index contributed by atoms with van der Waals surface area (Å²) in [5.74, 6) is 1.49. The predicted octanol–water partition coefficient (Wildman–Crippen LogP) is 4.93. The quantitative estimate of drug-likeness (QED) is 0.761. The van der Waals surface area contributed by atoms with Gasteiger partial charge in [-0.05, 0) is 55.3 Å². The van der Waals surface area contributed by atoms with E-state index in [9.17, 15) is 4.79 Å². The third-order valence-electron chi connectivity index (χ3n) is 5.07. The van der Waals surface area contributed by atoms with Gasteiger partial charge in [-0.25, -0.2) is 0 Å². The number of benzene rings is 2. The molecule has 0 saturated carbocycles. The zero-order valence-electron chi connectivity index (χ0n) is 15.4. The van der Waals surface area contributed by atoms with Gasteiger partial charge in [-0.1, -0.05) is 29.3 Å². The largest absolute Gasteiger partial charge is 0.490 e. The summed E-state index contributed by atoms with van der Waals surface area (Å²) in [5, 5.41) is 3.85. The number of likely N-dealkylation sites (tertiary alicyclic amines) is 1. The van der Waals surface area contributed by atoms with E-state index >= 15 is 0 Å². The first-order valence-corrected chi connectivity index (χ1v) is 10.2. The molecule has 1 amide bonds. The van der Waals surface area contributed by atoms with Crippen molar-refractivity contribution in [3.63, 3.8) is 0 Å². The van der Waals surface area contributed by atoms with Crippen LogP contribution in [0.15, 0.2) is 36.4 Å². The highest BCUT2D eigenvalue weighted by atomic mass is 35.5. The lowest BCUT2D eigenvalue weighted by atomic mass is 10.0. The molecule has 0 bridgehead atoms. The van der Waals surface area contributed by atoms with Crippen LogP contribution >= 0.6 is 23.2 Å². The van der Waals surface area contributed by atoms with Gasteiger partial charge in [0.2, 0.25) is 5.91 Å². The Hall–Kier alpha value is -1.95. The van der Waals surface area contributed by atoms with Crippen LogP contribution in [-0.4, -0.2) is 37.1 Å². The van der Waals surface area contributed by atoms with Gasteiger partial charge in [0.1, 0.15) is 0 Å². The van der Waals surface area contributed by atoms with Crippen LogP contribution < -0.4 is 14.8 Å². The van der Waals surface area contributed by atoms with Crippen LogP contribution in [0.4, 0.5) is 5.69 Å². The minimum absolute atomic E-state index is 0.0922. The second-order valence-corrected chi connectivity index (χ2v) is 7.90. The minimum Gasteiger partial charge on any atom is -0.490 e. The summed E-state index contributed by atoms with van der Waals surface area (Å²) in [5.41, 5.74) is 1.72. The lowest BCUT2D eigenvalue weighted by molar-refractivity contribution is -0.117. The normalized spacial score (nSPS) is 19.3. The summed E-state index contributed by atoms with van der Waals surface area (Å²) in [4.78, 5) is 14.8. The lowest BCUT2D eigenvalue weighted by Crippen LogP contribution is -2.33. The number of carbonyl (C=O) groups is 1.